The number of hydrogen-bond donors (Lipinski definition) is 0. The van der Waals surface area contributed by atoms with Crippen LogP contribution in [0.3, 0.4) is 0 Å². The van der Waals surface area contributed by atoms with Crippen molar-refractivity contribution < 1.29 is 12.8 Å². The molecule has 1 aromatic heterocycles. The first kappa shape index (κ1) is 17.9. The van der Waals surface area contributed by atoms with E-state index in [1.54, 1.807) is 43.3 Å². The highest BCUT2D eigenvalue weighted by atomic mass is 127. The van der Waals surface area contributed by atoms with E-state index in [2.05, 4.69) is 27.6 Å². The lowest BCUT2D eigenvalue weighted by atomic mass is 10.2. The monoisotopic (exact) mass is 468 g/mol. The molecular formula is C18H17IN2O3S. The molecule has 130 valence electrons. The maximum Gasteiger partial charge on any atom is 0.235 e. The number of aryl methyl sites for hydroxylation is 1. The second-order valence-electron chi connectivity index (χ2n) is 5.85. The van der Waals surface area contributed by atoms with Gasteiger partial charge in [-0.2, -0.15) is 4.98 Å². The molecule has 0 aliphatic carbocycles. The molecule has 0 saturated carbocycles. The Morgan fingerprint density at radius 3 is 2.36 bits per heavy atom. The highest BCUT2D eigenvalue weighted by Gasteiger charge is 2.29. The van der Waals surface area contributed by atoms with Crippen molar-refractivity contribution in [3.05, 3.63) is 57.7 Å². The fourth-order valence-electron chi connectivity index (χ4n) is 2.33. The van der Waals surface area contributed by atoms with Crippen molar-refractivity contribution >= 4 is 38.3 Å². The third-order valence-corrected chi connectivity index (χ3v) is 5.98. The quantitative estimate of drug-likeness (QED) is 0.539. The van der Waals surface area contributed by atoms with E-state index in [1.165, 1.54) is 0 Å². The lowest BCUT2D eigenvalue weighted by Crippen LogP contribution is -2.13. The Morgan fingerprint density at radius 1 is 1.08 bits per heavy atom. The summed E-state index contributed by atoms with van der Waals surface area (Å²) in [5, 5.41) is -0.0739. The Bertz CT molecular complexity index is 1010. The summed E-state index contributed by atoms with van der Waals surface area (Å²) in [5.41, 5.74) is 1.73. The summed E-state index contributed by atoms with van der Waals surface area (Å²) < 4.78 is 32.9. The Kier molecular flexibility index (Phi) is 4.88. The van der Waals surface area contributed by atoms with Crippen LogP contribution in [-0.2, 0) is 9.84 Å². The van der Waals surface area contributed by atoms with Crippen LogP contribution in [0.25, 0.3) is 11.5 Å². The highest BCUT2D eigenvalue weighted by molar-refractivity contribution is 14.1. The number of hydrogen-bond acceptors (Lipinski definition) is 5. The predicted octanol–water partition coefficient (Wildman–Crippen LogP) is 4.15. The molecule has 0 unspecified atom stereocenters. The van der Waals surface area contributed by atoms with Gasteiger partial charge in [-0.1, -0.05) is 23.8 Å². The maximum atomic E-state index is 13.0. The molecule has 0 saturated heterocycles. The summed E-state index contributed by atoms with van der Waals surface area (Å²) in [4.78, 5) is 6.13. The van der Waals surface area contributed by atoms with E-state index in [-0.39, 0.29) is 21.7 Å². The van der Waals surface area contributed by atoms with Crippen LogP contribution >= 0.6 is 22.6 Å². The van der Waals surface area contributed by atoms with Gasteiger partial charge in [-0.05, 0) is 59.8 Å². The van der Waals surface area contributed by atoms with E-state index < -0.39 is 9.84 Å². The van der Waals surface area contributed by atoms with Crippen LogP contribution in [0.15, 0.2) is 62.9 Å². The van der Waals surface area contributed by atoms with E-state index in [4.69, 9.17) is 4.42 Å². The maximum absolute atomic E-state index is 13.0. The van der Waals surface area contributed by atoms with Crippen molar-refractivity contribution in [2.24, 2.45) is 0 Å². The average Bonchev–Trinajstić information content (AvgIpc) is 3.02. The van der Waals surface area contributed by atoms with Crippen molar-refractivity contribution in [2.45, 2.75) is 16.8 Å². The van der Waals surface area contributed by atoms with Crippen LogP contribution in [-0.4, -0.2) is 27.5 Å². The van der Waals surface area contributed by atoms with Crippen molar-refractivity contribution in [1.82, 2.24) is 4.98 Å². The molecule has 0 atom stereocenters. The summed E-state index contributed by atoms with van der Waals surface area (Å²) in [6, 6.07) is 14.3. The number of oxazole rings is 1. The standard InChI is InChI=1S/C18H17IN2O3S/c1-12-7-9-15(10-8-12)25(22,23)17-18(21(2)3)24-16(20-17)13-5-4-6-14(19)11-13/h4-11H,1-3H3. The second-order valence-corrected chi connectivity index (χ2v) is 8.96. The third kappa shape index (κ3) is 3.57. The summed E-state index contributed by atoms with van der Waals surface area (Å²) >= 11 is 2.19. The fourth-order valence-corrected chi connectivity index (χ4v) is 4.25. The van der Waals surface area contributed by atoms with Crippen LogP contribution in [0, 0.1) is 10.5 Å². The number of aromatic nitrogens is 1. The molecule has 0 radical (unpaired) electrons. The highest BCUT2D eigenvalue weighted by Crippen LogP contribution is 2.34. The molecule has 25 heavy (non-hydrogen) atoms. The summed E-state index contributed by atoms with van der Waals surface area (Å²) in [7, 11) is -0.318. The van der Waals surface area contributed by atoms with Gasteiger partial charge in [-0.25, -0.2) is 8.42 Å². The smallest absolute Gasteiger partial charge is 0.235 e. The first-order chi connectivity index (χ1) is 11.8. The van der Waals surface area contributed by atoms with Gasteiger partial charge in [-0.15, -0.1) is 0 Å². The molecule has 0 spiro atoms. The molecule has 3 aromatic rings. The SMILES string of the molecule is Cc1ccc(S(=O)(=O)c2nc(-c3cccc(I)c3)oc2N(C)C)cc1. The molecule has 0 bridgehead atoms. The summed E-state index contributed by atoms with van der Waals surface area (Å²) in [5.74, 6) is 0.502. The zero-order valence-corrected chi connectivity index (χ0v) is 17.0. The van der Waals surface area contributed by atoms with Crippen LogP contribution in [0.5, 0.6) is 0 Å². The third-order valence-electron chi connectivity index (χ3n) is 3.64. The van der Waals surface area contributed by atoms with Gasteiger partial charge in [0.25, 0.3) is 0 Å². The van der Waals surface area contributed by atoms with E-state index in [0.717, 1.165) is 14.7 Å². The van der Waals surface area contributed by atoms with Crippen LogP contribution < -0.4 is 4.90 Å². The average molecular weight is 468 g/mol. The second kappa shape index (κ2) is 6.80. The number of anilines is 1. The molecule has 3 rings (SSSR count). The van der Waals surface area contributed by atoms with Gasteiger partial charge < -0.3 is 9.32 Å². The predicted molar refractivity (Wildman–Crippen MR) is 106 cm³/mol. The normalized spacial score (nSPS) is 11.5. The van der Waals surface area contributed by atoms with Gasteiger partial charge in [0.2, 0.25) is 26.6 Å². The lowest BCUT2D eigenvalue weighted by Gasteiger charge is -2.10. The van der Waals surface area contributed by atoms with Gasteiger partial charge in [0.1, 0.15) is 0 Å². The van der Waals surface area contributed by atoms with Crippen LogP contribution in [0.1, 0.15) is 5.56 Å². The Labute approximate surface area is 160 Å². The van der Waals surface area contributed by atoms with E-state index in [9.17, 15) is 8.42 Å². The summed E-state index contributed by atoms with van der Waals surface area (Å²) in [6.45, 7) is 1.91. The first-order valence-corrected chi connectivity index (χ1v) is 10.1. The molecule has 0 aliphatic heterocycles. The summed E-state index contributed by atoms with van der Waals surface area (Å²) in [6.07, 6.45) is 0. The Hall–Kier alpha value is -1.87. The number of halogens is 1. The van der Waals surface area contributed by atoms with Crippen LogP contribution in [0.2, 0.25) is 0 Å². The fraction of sp³-hybridized carbons (Fsp3) is 0.167. The molecule has 2 aromatic carbocycles. The molecule has 1 heterocycles. The van der Waals surface area contributed by atoms with E-state index in [0.29, 0.717) is 0 Å². The van der Waals surface area contributed by atoms with Gasteiger partial charge >= 0.3 is 0 Å². The molecule has 0 N–H and O–H groups in total. The van der Waals surface area contributed by atoms with Gasteiger partial charge in [0, 0.05) is 23.2 Å². The van der Waals surface area contributed by atoms with Crippen molar-refractivity contribution in [3.63, 3.8) is 0 Å². The molecular weight excluding hydrogens is 451 g/mol. The Balaban J connectivity index is 2.16. The van der Waals surface area contributed by atoms with E-state index >= 15 is 0 Å². The van der Waals surface area contributed by atoms with E-state index in [1.807, 2.05) is 31.2 Å². The first-order valence-electron chi connectivity index (χ1n) is 7.55. The van der Waals surface area contributed by atoms with Crippen LogP contribution in [0.4, 0.5) is 5.88 Å². The lowest BCUT2D eigenvalue weighted by molar-refractivity contribution is 0.564. The Morgan fingerprint density at radius 2 is 1.76 bits per heavy atom. The number of benzene rings is 2. The van der Waals surface area contributed by atoms with Gasteiger partial charge in [0.15, 0.2) is 0 Å². The zero-order chi connectivity index (χ0) is 18.2. The largest absolute Gasteiger partial charge is 0.419 e. The molecule has 5 nitrogen and oxygen atoms in total. The zero-order valence-electron chi connectivity index (χ0n) is 14.0. The van der Waals surface area contributed by atoms with Gasteiger partial charge in [0.05, 0.1) is 4.90 Å². The topological polar surface area (TPSA) is 63.4 Å². The minimum absolute atomic E-state index is 0.0739. The number of rotatable bonds is 4. The van der Waals surface area contributed by atoms with Crippen molar-refractivity contribution in [2.75, 3.05) is 19.0 Å². The molecule has 0 amide bonds. The minimum atomic E-state index is -3.78. The number of nitrogens with zero attached hydrogens (tertiary/aromatic N) is 2. The minimum Gasteiger partial charge on any atom is -0.419 e. The van der Waals surface area contributed by atoms with Crippen molar-refractivity contribution in [3.8, 4) is 11.5 Å². The molecule has 0 aliphatic rings. The van der Waals surface area contributed by atoms with Gasteiger partial charge in [-0.3, -0.25) is 0 Å². The number of sulfone groups is 1. The molecule has 7 heteroatoms. The van der Waals surface area contributed by atoms with Crippen molar-refractivity contribution in [1.29, 1.82) is 0 Å². The molecule has 0 fully saturated rings.